The third kappa shape index (κ3) is 3.24. The van der Waals surface area contributed by atoms with Crippen LogP contribution in [0.1, 0.15) is 113 Å². The molecule has 1 aliphatic heterocycles. The summed E-state index contributed by atoms with van der Waals surface area (Å²) in [4.78, 5) is 0. The van der Waals surface area contributed by atoms with Gasteiger partial charge >= 0.3 is 0 Å². The molecule has 0 aromatic rings. The van der Waals surface area contributed by atoms with Gasteiger partial charge in [-0.25, -0.2) is 0 Å². The Kier molecular flexibility index (Phi) is 5.99. The summed E-state index contributed by atoms with van der Waals surface area (Å²) in [5, 5.41) is 21.4. The Hall–Kier alpha value is -0.380. The summed E-state index contributed by atoms with van der Waals surface area (Å²) in [5.74, 6) is 2.47. The van der Waals surface area contributed by atoms with Crippen LogP contribution < -0.4 is 0 Å². The van der Waals surface area contributed by atoms with Crippen molar-refractivity contribution in [1.82, 2.24) is 0 Å². The summed E-state index contributed by atoms with van der Waals surface area (Å²) in [6.45, 7) is 19.3. The Morgan fingerprint density at radius 1 is 0.853 bits per heavy atom. The highest BCUT2D eigenvalue weighted by atomic mass is 16.6. The van der Waals surface area contributed by atoms with Gasteiger partial charge in [0.05, 0.1) is 12.2 Å². The zero-order valence-corrected chi connectivity index (χ0v) is 23.3. The Morgan fingerprint density at radius 3 is 2.21 bits per heavy atom. The molecule has 1 saturated heterocycles. The van der Waals surface area contributed by atoms with Crippen LogP contribution in [0, 0.1) is 51.2 Å². The SMILES string of the molecule is CC(C)[C@H]1C[C@@H]([C@@H](C)[C@H]2CC[C@@]3(C)C4=C(CC[C@]23C)[C@@]2(C)CC[C@H](O)C(C)(C)[C@@H]2CC4)O[C@@H]1O. The van der Waals surface area contributed by atoms with Crippen molar-refractivity contribution in [2.45, 2.75) is 132 Å². The molecule has 194 valence electrons. The molecule has 5 rings (SSSR count). The predicted molar refractivity (Wildman–Crippen MR) is 138 cm³/mol. The van der Waals surface area contributed by atoms with Crippen LogP contribution in [0.4, 0.5) is 0 Å². The van der Waals surface area contributed by atoms with E-state index in [2.05, 4.69) is 55.4 Å². The number of fused-ring (bicyclic) bond motifs is 4. The number of hydrogen-bond donors (Lipinski definition) is 2. The molecule has 0 radical (unpaired) electrons. The molecule has 3 fully saturated rings. The zero-order chi connectivity index (χ0) is 24.8. The monoisotopic (exact) mass is 472 g/mol. The van der Waals surface area contributed by atoms with Crippen molar-refractivity contribution in [3.8, 4) is 0 Å². The van der Waals surface area contributed by atoms with E-state index in [1.54, 1.807) is 5.57 Å². The van der Waals surface area contributed by atoms with Gasteiger partial charge in [0.25, 0.3) is 0 Å². The molecule has 0 bridgehead atoms. The molecule has 34 heavy (non-hydrogen) atoms. The minimum absolute atomic E-state index is 0.00745. The Balaban J connectivity index is 1.45. The van der Waals surface area contributed by atoms with E-state index in [0.29, 0.717) is 29.1 Å². The molecule has 1 heterocycles. The van der Waals surface area contributed by atoms with Crippen LogP contribution in [-0.4, -0.2) is 28.7 Å². The normalized spacial score (nSPS) is 51.3. The second kappa shape index (κ2) is 8.06. The Labute approximate surface area is 209 Å². The lowest BCUT2D eigenvalue weighted by atomic mass is 9.43. The van der Waals surface area contributed by atoms with Crippen LogP contribution in [0.2, 0.25) is 0 Å². The average molecular weight is 473 g/mol. The molecule has 0 aromatic heterocycles. The summed E-state index contributed by atoms with van der Waals surface area (Å²) in [6.07, 6.45) is 10.1. The fourth-order valence-corrected chi connectivity index (χ4v) is 10.5. The Morgan fingerprint density at radius 2 is 1.56 bits per heavy atom. The van der Waals surface area contributed by atoms with Gasteiger partial charge in [-0.2, -0.15) is 0 Å². The van der Waals surface area contributed by atoms with E-state index in [1.807, 2.05) is 5.57 Å². The Bertz CT molecular complexity index is 844. The molecule has 10 atom stereocenters. The number of rotatable bonds is 3. The molecular weight excluding hydrogens is 420 g/mol. The molecule has 4 aliphatic carbocycles. The van der Waals surface area contributed by atoms with Crippen molar-refractivity contribution in [3.05, 3.63) is 11.1 Å². The fraction of sp³-hybridized carbons (Fsp3) is 0.935. The van der Waals surface area contributed by atoms with E-state index in [-0.39, 0.29) is 34.4 Å². The summed E-state index contributed by atoms with van der Waals surface area (Å²) in [5.41, 5.74) is 4.46. The van der Waals surface area contributed by atoms with Crippen molar-refractivity contribution in [2.24, 2.45) is 51.2 Å². The van der Waals surface area contributed by atoms with Crippen LogP contribution in [-0.2, 0) is 4.74 Å². The van der Waals surface area contributed by atoms with Gasteiger partial charge in [-0.05, 0) is 103 Å². The summed E-state index contributed by atoms with van der Waals surface area (Å²) in [6, 6.07) is 0. The van der Waals surface area contributed by atoms with Gasteiger partial charge in [0.2, 0.25) is 0 Å². The number of aliphatic hydroxyl groups excluding tert-OH is 2. The number of ether oxygens (including phenoxy) is 1. The largest absolute Gasteiger partial charge is 0.393 e. The standard InChI is InChI=1S/C31H52O3/c1-18(2)20-17-24(34-27(20)33)19(3)21-11-15-31(8)23-9-10-25-28(4,5)26(32)13-14-29(25,6)22(23)12-16-30(21,31)7/h18-21,24-27,32-33H,9-17H2,1-8H3/t19-,20+,21+,24-,25-,26-,27-,29+,30+,31-/m0/s1. The molecule has 2 N–H and O–H groups in total. The summed E-state index contributed by atoms with van der Waals surface area (Å²) >= 11 is 0. The van der Waals surface area contributed by atoms with Gasteiger partial charge in [0, 0.05) is 5.92 Å². The van der Waals surface area contributed by atoms with E-state index in [1.165, 1.54) is 38.5 Å². The van der Waals surface area contributed by atoms with E-state index in [0.717, 1.165) is 19.3 Å². The summed E-state index contributed by atoms with van der Waals surface area (Å²) in [7, 11) is 0. The number of allylic oxidation sites excluding steroid dienone is 2. The van der Waals surface area contributed by atoms with Crippen molar-refractivity contribution >= 4 is 0 Å². The van der Waals surface area contributed by atoms with Crippen molar-refractivity contribution in [1.29, 1.82) is 0 Å². The highest BCUT2D eigenvalue weighted by Gasteiger charge is 2.64. The predicted octanol–water partition coefficient (Wildman–Crippen LogP) is 7.11. The number of aliphatic hydroxyl groups is 2. The van der Waals surface area contributed by atoms with Crippen LogP contribution in [0.5, 0.6) is 0 Å². The lowest BCUT2D eigenvalue weighted by Crippen LogP contribution is -2.55. The lowest BCUT2D eigenvalue weighted by molar-refractivity contribution is -0.134. The van der Waals surface area contributed by atoms with Crippen LogP contribution >= 0.6 is 0 Å². The first kappa shape index (κ1) is 25.3. The van der Waals surface area contributed by atoms with Gasteiger partial charge in [-0.15, -0.1) is 0 Å². The van der Waals surface area contributed by atoms with Gasteiger partial charge in [0.15, 0.2) is 6.29 Å². The molecule has 2 saturated carbocycles. The quantitative estimate of drug-likeness (QED) is 0.430. The smallest absolute Gasteiger partial charge is 0.158 e. The highest BCUT2D eigenvalue weighted by molar-refractivity contribution is 5.38. The van der Waals surface area contributed by atoms with Gasteiger partial charge in [0.1, 0.15) is 0 Å². The maximum Gasteiger partial charge on any atom is 0.158 e. The third-order valence-electron chi connectivity index (χ3n) is 13.1. The molecule has 0 aromatic carbocycles. The van der Waals surface area contributed by atoms with Gasteiger partial charge in [-0.1, -0.05) is 66.5 Å². The number of hydrogen-bond acceptors (Lipinski definition) is 3. The third-order valence-corrected chi connectivity index (χ3v) is 13.1. The maximum absolute atomic E-state index is 10.9. The van der Waals surface area contributed by atoms with Crippen molar-refractivity contribution < 1.29 is 14.9 Å². The first-order valence-electron chi connectivity index (χ1n) is 14.5. The van der Waals surface area contributed by atoms with Gasteiger partial charge < -0.3 is 14.9 Å². The first-order chi connectivity index (χ1) is 15.8. The van der Waals surface area contributed by atoms with Crippen LogP contribution in [0.15, 0.2) is 11.1 Å². The lowest BCUT2D eigenvalue weighted by Gasteiger charge is -2.62. The minimum atomic E-state index is -0.589. The molecule has 3 nitrogen and oxygen atoms in total. The average Bonchev–Trinajstić information content (AvgIpc) is 3.28. The van der Waals surface area contributed by atoms with E-state index in [4.69, 9.17) is 4.74 Å². The van der Waals surface area contributed by atoms with E-state index < -0.39 is 6.29 Å². The molecule has 3 heteroatoms. The fourth-order valence-electron chi connectivity index (χ4n) is 10.5. The highest BCUT2D eigenvalue weighted by Crippen LogP contribution is 2.72. The molecule has 5 aliphatic rings. The topological polar surface area (TPSA) is 49.7 Å². The molecule has 0 spiro atoms. The molecular formula is C31H52O3. The summed E-state index contributed by atoms with van der Waals surface area (Å²) < 4.78 is 6.21. The minimum Gasteiger partial charge on any atom is -0.393 e. The van der Waals surface area contributed by atoms with Gasteiger partial charge in [-0.3, -0.25) is 0 Å². The van der Waals surface area contributed by atoms with Crippen molar-refractivity contribution in [3.63, 3.8) is 0 Å². The molecule has 0 amide bonds. The van der Waals surface area contributed by atoms with E-state index >= 15 is 0 Å². The second-order valence-electron chi connectivity index (χ2n) is 14.8. The van der Waals surface area contributed by atoms with E-state index in [9.17, 15) is 10.2 Å². The maximum atomic E-state index is 10.9. The zero-order valence-electron chi connectivity index (χ0n) is 23.3. The van der Waals surface area contributed by atoms with Crippen molar-refractivity contribution in [2.75, 3.05) is 0 Å². The van der Waals surface area contributed by atoms with Crippen LogP contribution in [0.25, 0.3) is 0 Å². The van der Waals surface area contributed by atoms with Crippen LogP contribution in [0.3, 0.4) is 0 Å². The molecule has 0 unspecified atom stereocenters. The second-order valence-corrected chi connectivity index (χ2v) is 14.8. The first-order valence-corrected chi connectivity index (χ1v) is 14.5.